The maximum Gasteiger partial charge on any atom is 0.311 e. The molecule has 0 bridgehead atoms. The normalized spacial score (nSPS) is 13.4. The first kappa shape index (κ1) is 27.0. The summed E-state index contributed by atoms with van der Waals surface area (Å²) in [4.78, 5) is 24.3. The van der Waals surface area contributed by atoms with Crippen molar-refractivity contribution in [1.29, 1.82) is 0 Å². The Kier molecular flexibility index (Phi) is 12.3. The van der Waals surface area contributed by atoms with Crippen LogP contribution in [0.1, 0.15) is 109 Å². The van der Waals surface area contributed by atoms with Crippen LogP contribution in [0.2, 0.25) is 0 Å². The van der Waals surface area contributed by atoms with Gasteiger partial charge in [0.05, 0.1) is 18.4 Å². The number of carbonyl (C=O) groups is 2. The van der Waals surface area contributed by atoms with E-state index in [1.54, 1.807) is 18.2 Å². The molecule has 31 heavy (non-hydrogen) atoms. The minimum absolute atomic E-state index is 0.161. The van der Waals surface area contributed by atoms with Gasteiger partial charge in [-0.15, -0.1) is 0 Å². The molecule has 0 spiro atoms. The Morgan fingerprint density at radius 3 is 1.94 bits per heavy atom. The minimum Gasteiger partial charge on any atom is -0.493 e. The Morgan fingerprint density at radius 2 is 1.39 bits per heavy atom. The summed E-state index contributed by atoms with van der Waals surface area (Å²) in [6, 6.07) is 5.35. The van der Waals surface area contributed by atoms with E-state index in [1.165, 1.54) is 25.7 Å². The summed E-state index contributed by atoms with van der Waals surface area (Å²) >= 11 is 0. The van der Waals surface area contributed by atoms with Crippen molar-refractivity contribution in [2.75, 3.05) is 6.61 Å². The highest BCUT2D eigenvalue weighted by Crippen LogP contribution is 2.40. The largest absolute Gasteiger partial charge is 0.493 e. The third kappa shape index (κ3) is 9.32. The molecule has 176 valence electrons. The number of ether oxygens (including phenoxy) is 1. The van der Waals surface area contributed by atoms with E-state index in [2.05, 4.69) is 6.92 Å². The van der Waals surface area contributed by atoms with Crippen LogP contribution in [0.15, 0.2) is 18.2 Å². The van der Waals surface area contributed by atoms with Gasteiger partial charge in [0.2, 0.25) is 0 Å². The molecular formula is C26H42O5. The molecule has 0 aromatic heterocycles. The molecule has 5 heteroatoms. The highest BCUT2D eigenvalue weighted by atomic mass is 16.5. The molecule has 1 aromatic carbocycles. The lowest BCUT2D eigenvalue weighted by molar-refractivity contribution is -0.140. The number of benzene rings is 1. The van der Waals surface area contributed by atoms with Crippen LogP contribution >= 0.6 is 0 Å². The van der Waals surface area contributed by atoms with Gasteiger partial charge in [-0.25, -0.2) is 0 Å². The van der Waals surface area contributed by atoms with Crippen molar-refractivity contribution in [3.05, 3.63) is 29.3 Å². The predicted molar refractivity (Wildman–Crippen MR) is 125 cm³/mol. The zero-order valence-electron chi connectivity index (χ0n) is 20.0. The lowest BCUT2D eigenvalue weighted by Crippen LogP contribution is -2.22. The fourth-order valence-electron chi connectivity index (χ4n) is 4.07. The number of carboxylic acids is 2. The molecule has 0 aliphatic carbocycles. The first-order valence-corrected chi connectivity index (χ1v) is 11.9. The van der Waals surface area contributed by atoms with Crippen molar-refractivity contribution in [2.45, 2.75) is 97.8 Å². The van der Waals surface area contributed by atoms with Gasteiger partial charge < -0.3 is 14.9 Å². The summed E-state index contributed by atoms with van der Waals surface area (Å²) < 4.78 is 6.08. The maximum atomic E-state index is 12.2. The van der Waals surface area contributed by atoms with Crippen LogP contribution in [0.5, 0.6) is 5.75 Å². The van der Waals surface area contributed by atoms with E-state index in [4.69, 9.17) is 4.74 Å². The molecule has 2 N–H and O–H groups in total. The zero-order valence-corrected chi connectivity index (χ0v) is 20.0. The van der Waals surface area contributed by atoms with E-state index in [0.29, 0.717) is 36.3 Å². The number of rotatable bonds is 16. The van der Waals surface area contributed by atoms with Crippen LogP contribution in [0.3, 0.4) is 0 Å². The van der Waals surface area contributed by atoms with Crippen LogP contribution < -0.4 is 4.74 Å². The van der Waals surface area contributed by atoms with Crippen molar-refractivity contribution < 1.29 is 24.5 Å². The van der Waals surface area contributed by atoms with Crippen LogP contribution in [0.25, 0.3) is 0 Å². The second kappa shape index (κ2) is 14.1. The third-order valence-electron chi connectivity index (χ3n) is 5.59. The number of aliphatic carboxylic acids is 2. The standard InChI is InChI=1S/C26H42O5/c1-6-7-8-9-10-11-15-31-23-14-12-13-20(21(25(27)28)16-18(2)3)24(23)22(26(29)30)17-19(4)5/h12-14,18-19,21-22H,6-11,15-17H2,1-5H3,(H,27,28)(H,29,30). The van der Waals surface area contributed by atoms with Crippen LogP contribution in [-0.2, 0) is 9.59 Å². The molecule has 0 aliphatic heterocycles. The molecule has 0 aliphatic rings. The number of unbranched alkanes of at least 4 members (excludes halogenated alkanes) is 5. The summed E-state index contributed by atoms with van der Waals surface area (Å²) in [5.41, 5.74) is 1.12. The predicted octanol–water partition coefficient (Wildman–Crippen LogP) is 6.85. The molecule has 2 unspecified atom stereocenters. The molecule has 0 saturated carbocycles. The highest BCUT2D eigenvalue weighted by molar-refractivity contribution is 5.82. The van der Waals surface area contributed by atoms with E-state index in [-0.39, 0.29) is 11.8 Å². The van der Waals surface area contributed by atoms with Crippen LogP contribution in [0, 0.1) is 11.8 Å². The molecule has 0 heterocycles. The van der Waals surface area contributed by atoms with Gasteiger partial charge in [-0.05, 0) is 42.7 Å². The van der Waals surface area contributed by atoms with Gasteiger partial charge in [0.25, 0.3) is 0 Å². The maximum absolute atomic E-state index is 12.2. The van der Waals surface area contributed by atoms with Crippen molar-refractivity contribution >= 4 is 11.9 Å². The summed E-state index contributed by atoms with van der Waals surface area (Å²) in [5.74, 6) is -2.53. The fraction of sp³-hybridized carbons (Fsp3) is 0.692. The van der Waals surface area contributed by atoms with Gasteiger partial charge in [-0.1, -0.05) is 78.9 Å². The summed E-state index contributed by atoms with van der Waals surface area (Å²) in [7, 11) is 0. The number of hydrogen-bond donors (Lipinski definition) is 2. The quantitative estimate of drug-likeness (QED) is 0.278. The molecule has 0 amide bonds. The van der Waals surface area contributed by atoms with E-state index in [9.17, 15) is 19.8 Å². The molecule has 5 nitrogen and oxygen atoms in total. The minimum atomic E-state index is -0.931. The molecular weight excluding hydrogens is 392 g/mol. The van der Waals surface area contributed by atoms with Crippen molar-refractivity contribution in [2.24, 2.45) is 11.8 Å². The fourth-order valence-corrected chi connectivity index (χ4v) is 4.07. The van der Waals surface area contributed by atoms with Gasteiger partial charge in [-0.2, -0.15) is 0 Å². The first-order valence-electron chi connectivity index (χ1n) is 11.9. The van der Waals surface area contributed by atoms with Crippen molar-refractivity contribution in [3.8, 4) is 5.75 Å². The van der Waals surface area contributed by atoms with Crippen molar-refractivity contribution in [3.63, 3.8) is 0 Å². The first-order chi connectivity index (χ1) is 14.7. The van der Waals surface area contributed by atoms with E-state index in [1.807, 2.05) is 27.7 Å². The van der Waals surface area contributed by atoms with E-state index in [0.717, 1.165) is 12.8 Å². The average Bonchev–Trinajstić information content (AvgIpc) is 2.69. The van der Waals surface area contributed by atoms with Crippen molar-refractivity contribution in [1.82, 2.24) is 0 Å². The molecule has 0 fully saturated rings. The average molecular weight is 435 g/mol. The Morgan fingerprint density at radius 1 is 0.839 bits per heavy atom. The lowest BCUT2D eigenvalue weighted by Gasteiger charge is -2.25. The molecule has 0 radical (unpaired) electrons. The van der Waals surface area contributed by atoms with Crippen LogP contribution in [0.4, 0.5) is 0 Å². The summed E-state index contributed by atoms with van der Waals surface area (Å²) in [6.07, 6.45) is 7.73. The SMILES string of the molecule is CCCCCCCCOc1cccc(C(CC(C)C)C(=O)O)c1C(CC(C)C)C(=O)O. The Balaban J connectivity index is 3.23. The second-order valence-electron chi connectivity index (χ2n) is 9.42. The topological polar surface area (TPSA) is 83.8 Å². The van der Waals surface area contributed by atoms with Gasteiger partial charge in [0.15, 0.2) is 0 Å². The van der Waals surface area contributed by atoms with Crippen LogP contribution in [-0.4, -0.2) is 28.8 Å². The Hall–Kier alpha value is -2.04. The number of carboxylic acid groups (broad SMARTS) is 2. The summed E-state index contributed by atoms with van der Waals surface area (Å²) in [5, 5.41) is 19.9. The van der Waals surface area contributed by atoms with Gasteiger partial charge in [-0.3, -0.25) is 9.59 Å². The summed E-state index contributed by atoms with van der Waals surface area (Å²) in [6.45, 7) is 10.6. The van der Waals surface area contributed by atoms with E-state index < -0.39 is 23.8 Å². The highest BCUT2D eigenvalue weighted by Gasteiger charge is 2.32. The molecule has 2 atom stereocenters. The second-order valence-corrected chi connectivity index (χ2v) is 9.42. The van der Waals surface area contributed by atoms with Gasteiger partial charge in [0.1, 0.15) is 5.75 Å². The monoisotopic (exact) mass is 434 g/mol. The number of hydrogen-bond acceptors (Lipinski definition) is 3. The third-order valence-corrected chi connectivity index (χ3v) is 5.59. The zero-order chi connectivity index (χ0) is 23.4. The van der Waals surface area contributed by atoms with Gasteiger partial charge in [0, 0.05) is 5.56 Å². The lowest BCUT2D eigenvalue weighted by atomic mass is 9.80. The Labute approximate surface area is 188 Å². The molecule has 1 aromatic rings. The van der Waals surface area contributed by atoms with E-state index >= 15 is 0 Å². The van der Waals surface area contributed by atoms with Gasteiger partial charge >= 0.3 is 11.9 Å². The Bertz CT molecular complexity index is 680. The molecule has 0 saturated heterocycles. The smallest absolute Gasteiger partial charge is 0.311 e. The molecule has 1 rings (SSSR count).